The maximum Gasteiger partial charge on any atom is 0.243 e. The van der Waals surface area contributed by atoms with Gasteiger partial charge in [0, 0.05) is 26.2 Å². The Kier molecular flexibility index (Phi) is 6.04. The predicted octanol–water partition coefficient (Wildman–Crippen LogP) is 2.55. The summed E-state index contributed by atoms with van der Waals surface area (Å²) in [7, 11) is -7.39. The molecule has 0 spiro atoms. The average molecular weight is 421 g/mol. The average Bonchev–Trinajstić information content (AvgIpc) is 2.62. The number of benzene rings is 2. The van der Waals surface area contributed by atoms with Crippen molar-refractivity contribution >= 4 is 20.0 Å². The topological polar surface area (TPSA) is 74.8 Å². The van der Waals surface area contributed by atoms with Gasteiger partial charge in [-0.1, -0.05) is 47.5 Å². The second-order valence-electron chi connectivity index (χ2n) is 6.82. The molecular weight excluding hydrogens is 396 g/mol. The number of hydrogen-bond acceptors (Lipinski definition) is 4. The molecular formula is C20H24N2O4S2. The zero-order valence-corrected chi connectivity index (χ0v) is 17.6. The van der Waals surface area contributed by atoms with Gasteiger partial charge in [0.2, 0.25) is 20.0 Å². The summed E-state index contributed by atoms with van der Waals surface area (Å²) in [5.41, 5.74) is 1.95. The van der Waals surface area contributed by atoms with Crippen molar-refractivity contribution in [2.45, 2.75) is 23.6 Å². The Hall–Kier alpha value is -2.00. The minimum Gasteiger partial charge on any atom is -0.207 e. The maximum atomic E-state index is 13.0. The van der Waals surface area contributed by atoms with Crippen molar-refractivity contribution in [1.82, 2.24) is 8.61 Å². The fraction of sp³-hybridized carbons (Fsp3) is 0.300. The minimum absolute atomic E-state index is 0.0889. The summed E-state index contributed by atoms with van der Waals surface area (Å²) in [6.45, 7) is 4.40. The molecule has 1 aliphatic rings. The highest BCUT2D eigenvalue weighted by Crippen LogP contribution is 2.20. The first-order valence-electron chi connectivity index (χ1n) is 9.00. The third-order valence-electron chi connectivity index (χ3n) is 4.70. The van der Waals surface area contributed by atoms with Gasteiger partial charge >= 0.3 is 0 Å². The van der Waals surface area contributed by atoms with Crippen LogP contribution in [-0.2, 0) is 20.0 Å². The standard InChI is InChI=1S/C20H24N2O4S2/c1-17-5-9-19(10-6-17)27(23,24)21-13-3-4-14-22(16-15-21)28(25,26)20-11-7-18(2)8-12-20/h3-12H,13-16H2,1-2H3/b4-3-. The summed E-state index contributed by atoms with van der Waals surface area (Å²) in [5.74, 6) is 0. The normalized spacial score (nSPS) is 18.4. The Balaban J connectivity index is 1.84. The van der Waals surface area contributed by atoms with E-state index in [1.54, 1.807) is 60.7 Å². The van der Waals surface area contributed by atoms with Crippen molar-refractivity contribution in [1.29, 1.82) is 0 Å². The summed E-state index contributed by atoms with van der Waals surface area (Å²) >= 11 is 0. The minimum atomic E-state index is -3.70. The van der Waals surface area contributed by atoms with E-state index in [9.17, 15) is 16.8 Å². The summed E-state index contributed by atoms with van der Waals surface area (Å²) in [5, 5.41) is 0. The number of hydrogen-bond donors (Lipinski definition) is 0. The van der Waals surface area contributed by atoms with Gasteiger partial charge in [-0.2, -0.15) is 8.61 Å². The molecule has 0 amide bonds. The summed E-state index contributed by atoms with van der Waals surface area (Å²) in [6.07, 6.45) is 3.39. The van der Waals surface area contributed by atoms with E-state index in [4.69, 9.17) is 0 Å². The monoisotopic (exact) mass is 420 g/mol. The Morgan fingerprint density at radius 2 is 0.929 bits per heavy atom. The van der Waals surface area contributed by atoms with Crippen LogP contribution in [0.4, 0.5) is 0 Å². The molecule has 28 heavy (non-hydrogen) atoms. The van der Waals surface area contributed by atoms with E-state index in [0.717, 1.165) is 11.1 Å². The molecule has 1 aliphatic heterocycles. The van der Waals surface area contributed by atoms with Crippen molar-refractivity contribution in [2.24, 2.45) is 0 Å². The van der Waals surface area contributed by atoms with E-state index in [-0.39, 0.29) is 36.0 Å². The zero-order valence-electron chi connectivity index (χ0n) is 15.9. The van der Waals surface area contributed by atoms with Gasteiger partial charge in [0.1, 0.15) is 0 Å². The van der Waals surface area contributed by atoms with Gasteiger partial charge in [-0.3, -0.25) is 0 Å². The Morgan fingerprint density at radius 1 is 0.607 bits per heavy atom. The molecule has 2 aromatic rings. The van der Waals surface area contributed by atoms with Crippen molar-refractivity contribution in [2.75, 3.05) is 26.2 Å². The van der Waals surface area contributed by atoms with Gasteiger partial charge in [-0.25, -0.2) is 16.8 Å². The van der Waals surface area contributed by atoms with E-state index in [2.05, 4.69) is 0 Å². The molecule has 2 aromatic carbocycles. The lowest BCUT2D eigenvalue weighted by Gasteiger charge is -2.27. The predicted molar refractivity (Wildman–Crippen MR) is 109 cm³/mol. The highest BCUT2D eigenvalue weighted by molar-refractivity contribution is 7.89. The molecule has 8 heteroatoms. The lowest BCUT2D eigenvalue weighted by molar-refractivity contribution is 0.366. The van der Waals surface area contributed by atoms with Gasteiger partial charge in [0.25, 0.3) is 0 Å². The second-order valence-corrected chi connectivity index (χ2v) is 10.7. The van der Waals surface area contributed by atoms with Crippen LogP contribution in [0.1, 0.15) is 11.1 Å². The number of rotatable bonds is 4. The highest BCUT2D eigenvalue weighted by Gasteiger charge is 2.29. The van der Waals surface area contributed by atoms with Crippen LogP contribution in [0.25, 0.3) is 0 Å². The molecule has 0 fully saturated rings. The molecule has 0 radical (unpaired) electrons. The molecule has 0 atom stereocenters. The zero-order chi connectivity index (χ0) is 20.4. The lowest BCUT2D eigenvalue weighted by atomic mass is 10.2. The Labute approximate surface area is 167 Å². The molecule has 150 valence electrons. The van der Waals surface area contributed by atoms with E-state index in [1.807, 2.05) is 13.8 Å². The molecule has 0 bridgehead atoms. The Bertz CT molecular complexity index is 971. The van der Waals surface area contributed by atoms with E-state index in [0.29, 0.717) is 0 Å². The van der Waals surface area contributed by atoms with Crippen molar-refractivity contribution in [3.8, 4) is 0 Å². The quantitative estimate of drug-likeness (QED) is 0.713. The van der Waals surface area contributed by atoms with E-state index >= 15 is 0 Å². The van der Waals surface area contributed by atoms with Crippen LogP contribution in [0, 0.1) is 13.8 Å². The largest absolute Gasteiger partial charge is 0.243 e. The van der Waals surface area contributed by atoms with Crippen molar-refractivity contribution < 1.29 is 16.8 Å². The summed E-state index contributed by atoms with van der Waals surface area (Å²) in [4.78, 5) is 0.417. The third kappa shape index (κ3) is 4.35. The first-order chi connectivity index (χ1) is 13.2. The van der Waals surface area contributed by atoms with Gasteiger partial charge in [-0.15, -0.1) is 0 Å². The molecule has 0 aliphatic carbocycles. The van der Waals surface area contributed by atoms with Gasteiger partial charge in [0.15, 0.2) is 0 Å². The number of nitrogens with zero attached hydrogens (tertiary/aromatic N) is 2. The van der Waals surface area contributed by atoms with Gasteiger partial charge in [0.05, 0.1) is 9.79 Å². The first kappa shape index (κ1) is 20.7. The SMILES string of the molecule is Cc1ccc(S(=O)(=O)N2C/C=C\CN(S(=O)(=O)c3ccc(C)cc3)CC2)cc1. The fourth-order valence-electron chi connectivity index (χ4n) is 2.95. The smallest absolute Gasteiger partial charge is 0.207 e. The van der Waals surface area contributed by atoms with Crippen molar-refractivity contribution in [3.63, 3.8) is 0 Å². The summed E-state index contributed by atoms with van der Waals surface area (Å²) in [6, 6.07) is 13.3. The van der Waals surface area contributed by atoms with Crippen LogP contribution >= 0.6 is 0 Å². The molecule has 3 rings (SSSR count). The van der Waals surface area contributed by atoms with E-state index < -0.39 is 20.0 Å². The van der Waals surface area contributed by atoms with Crippen LogP contribution < -0.4 is 0 Å². The van der Waals surface area contributed by atoms with Crippen LogP contribution in [0.3, 0.4) is 0 Å². The van der Waals surface area contributed by atoms with Crippen molar-refractivity contribution in [3.05, 3.63) is 71.8 Å². The van der Waals surface area contributed by atoms with Crippen LogP contribution in [0.2, 0.25) is 0 Å². The third-order valence-corrected chi connectivity index (χ3v) is 8.46. The fourth-order valence-corrected chi connectivity index (χ4v) is 5.71. The lowest BCUT2D eigenvalue weighted by Crippen LogP contribution is -2.42. The molecule has 6 nitrogen and oxygen atoms in total. The van der Waals surface area contributed by atoms with Crippen LogP contribution in [0.15, 0.2) is 70.5 Å². The second kappa shape index (κ2) is 8.16. The van der Waals surface area contributed by atoms with Crippen LogP contribution in [-0.4, -0.2) is 51.6 Å². The molecule has 0 saturated carbocycles. The van der Waals surface area contributed by atoms with Gasteiger partial charge in [-0.05, 0) is 38.1 Å². The first-order valence-corrected chi connectivity index (χ1v) is 11.9. The molecule has 0 unspecified atom stereocenters. The number of sulfonamides is 2. The molecule has 1 heterocycles. The van der Waals surface area contributed by atoms with E-state index in [1.165, 1.54) is 8.61 Å². The Morgan fingerprint density at radius 3 is 1.25 bits per heavy atom. The maximum absolute atomic E-state index is 13.0. The molecule has 0 aromatic heterocycles. The molecule has 0 N–H and O–H groups in total. The van der Waals surface area contributed by atoms with Gasteiger partial charge < -0.3 is 0 Å². The number of aryl methyl sites for hydroxylation is 2. The van der Waals surface area contributed by atoms with Crippen LogP contribution in [0.5, 0.6) is 0 Å². The summed E-state index contributed by atoms with van der Waals surface area (Å²) < 4.78 is 54.4. The molecule has 0 saturated heterocycles. The highest BCUT2D eigenvalue weighted by atomic mass is 32.2.